The summed E-state index contributed by atoms with van der Waals surface area (Å²) in [4.78, 5) is 20.7. The number of carboxylic acid groups (broad SMARTS) is 2. The van der Waals surface area contributed by atoms with Gasteiger partial charge in [0.2, 0.25) is 0 Å². The first-order valence-electron chi connectivity index (χ1n) is 3.53. The molecule has 0 radical (unpaired) electrons. The summed E-state index contributed by atoms with van der Waals surface area (Å²) in [5, 5.41) is 25.3. The second-order valence-corrected chi connectivity index (χ2v) is 3.09. The van der Waals surface area contributed by atoms with Gasteiger partial charge < -0.3 is 15.3 Å². The molecule has 0 aromatic carbocycles. The van der Waals surface area contributed by atoms with Crippen LogP contribution >= 0.6 is 12.2 Å². The van der Waals surface area contributed by atoms with E-state index >= 15 is 0 Å². The van der Waals surface area contributed by atoms with Crippen molar-refractivity contribution < 1.29 is 24.9 Å². The Kier molecular flexibility index (Phi) is 4.33. The van der Waals surface area contributed by atoms with E-state index in [0.29, 0.717) is 0 Å². The molecule has 0 fully saturated rings. The number of rotatable bonds is 5. The fourth-order valence-electron chi connectivity index (χ4n) is 0.838. The van der Waals surface area contributed by atoms with Crippen molar-refractivity contribution in [3.8, 4) is 0 Å². The lowest BCUT2D eigenvalue weighted by molar-refractivity contribution is -0.143. The Hall–Kier alpha value is -1.17. The van der Waals surface area contributed by atoms with Crippen LogP contribution < -0.4 is 0 Å². The topological polar surface area (TPSA) is 94.8 Å². The third kappa shape index (κ3) is 3.84. The number of carboxylic acids is 2. The minimum absolute atomic E-state index is 0.469. The highest BCUT2D eigenvalue weighted by atomic mass is 32.1. The van der Waals surface area contributed by atoms with Crippen LogP contribution in [0.25, 0.3) is 0 Å². The predicted molar refractivity (Wildman–Crippen MR) is 47.8 cm³/mol. The molecule has 0 aliphatic rings. The van der Waals surface area contributed by atoms with Crippen LogP contribution in [0.4, 0.5) is 0 Å². The molecule has 0 aromatic heterocycles. The number of hydrogen-bond acceptors (Lipinski definition) is 3. The standard InChI is InChI=1S/C7H10O5S/c1-3(6(10)11)4(7(12)13)2-5(8)9/h3-4H,2H2,1H3,(H,8,9)(H,10,11)(H,12,13). The molecule has 0 amide bonds. The van der Waals surface area contributed by atoms with Crippen LogP contribution in [0.15, 0.2) is 0 Å². The van der Waals surface area contributed by atoms with Crippen molar-refractivity contribution in [2.75, 3.05) is 0 Å². The maximum absolute atomic E-state index is 10.5. The highest BCUT2D eigenvalue weighted by molar-refractivity contribution is 7.80. The van der Waals surface area contributed by atoms with E-state index in [9.17, 15) is 9.59 Å². The molecule has 0 aromatic rings. The van der Waals surface area contributed by atoms with Gasteiger partial charge in [-0.05, 0) is 12.2 Å². The van der Waals surface area contributed by atoms with E-state index in [4.69, 9.17) is 15.3 Å². The first kappa shape index (κ1) is 11.8. The van der Waals surface area contributed by atoms with Crippen LogP contribution in [0.3, 0.4) is 0 Å². The van der Waals surface area contributed by atoms with Crippen molar-refractivity contribution >= 4 is 29.2 Å². The zero-order valence-electron chi connectivity index (χ0n) is 6.93. The Bertz CT molecular complexity index is 237. The monoisotopic (exact) mass is 206 g/mol. The number of carbonyl (C=O) groups is 2. The third-order valence-corrected chi connectivity index (χ3v) is 2.01. The van der Waals surface area contributed by atoms with Crippen LogP contribution in [0.2, 0.25) is 0 Å². The molecule has 0 aliphatic heterocycles. The first-order valence-corrected chi connectivity index (χ1v) is 3.94. The predicted octanol–water partition coefficient (Wildman–Crippen LogP) is 0.683. The van der Waals surface area contributed by atoms with Crippen LogP contribution in [0.1, 0.15) is 13.3 Å². The summed E-state index contributed by atoms with van der Waals surface area (Å²) in [7, 11) is 0. The van der Waals surface area contributed by atoms with Crippen molar-refractivity contribution in [2.24, 2.45) is 11.8 Å². The van der Waals surface area contributed by atoms with Crippen LogP contribution in [-0.2, 0) is 9.59 Å². The normalized spacial score (nSPS) is 14.5. The number of aliphatic hydroxyl groups excluding tert-OH is 1. The van der Waals surface area contributed by atoms with Crippen LogP contribution in [0.5, 0.6) is 0 Å². The van der Waals surface area contributed by atoms with Gasteiger partial charge in [-0.3, -0.25) is 9.59 Å². The van der Waals surface area contributed by atoms with E-state index in [1.54, 1.807) is 0 Å². The quantitative estimate of drug-likeness (QED) is 0.573. The van der Waals surface area contributed by atoms with E-state index in [1.165, 1.54) is 6.92 Å². The van der Waals surface area contributed by atoms with Gasteiger partial charge in [-0.2, -0.15) is 0 Å². The van der Waals surface area contributed by atoms with Gasteiger partial charge in [0.25, 0.3) is 0 Å². The number of hydrogen-bond donors (Lipinski definition) is 3. The van der Waals surface area contributed by atoms with Gasteiger partial charge in [-0.15, -0.1) is 0 Å². The average molecular weight is 206 g/mol. The summed E-state index contributed by atoms with van der Waals surface area (Å²) in [5.41, 5.74) is 0. The summed E-state index contributed by atoms with van der Waals surface area (Å²) < 4.78 is 0. The molecule has 0 aliphatic carbocycles. The molecule has 0 spiro atoms. The molecule has 0 rings (SSSR count). The van der Waals surface area contributed by atoms with Gasteiger partial charge in [-0.1, -0.05) is 6.92 Å². The van der Waals surface area contributed by atoms with Gasteiger partial charge in [0.15, 0.2) is 5.05 Å². The molecule has 13 heavy (non-hydrogen) atoms. The Labute approximate surface area is 80.0 Å². The number of thiocarbonyl (C=S) groups is 1. The van der Waals surface area contributed by atoms with Gasteiger partial charge in [0, 0.05) is 0 Å². The molecular weight excluding hydrogens is 196 g/mol. The van der Waals surface area contributed by atoms with E-state index in [-0.39, 0.29) is 0 Å². The molecule has 74 valence electrons. The summed E-state index contributed by atoms with van der Waals surface area (Å²) in [6, 6.07) is 0. The van der Waals surface area contributed by atoms with Crippen LogP contribution in [-0.4, -0.2) is 32.3 Å². The van der Waals surface area contributed by atoms with Gasteiger partial charge in [-0.25, -0.2) is 0 Å². The highest BCUT2D eigenvalue weighted by Crippen LogP contribution is 2.17. The summed E-state index contributed by atoms with van der Waals surface area (Å²) in [6.45, 7) is 1.30. The zero-order chi connectivity index (χ0) is 10.6. The fraction of sp³-hybridized carbons (Fsp3) is 0.571. The van der Waals surface area contributed by atoms with Crippen molar-refractivity contribution in [3.05, 3.63) is 0 Å². The molecule has 3 N–H and O–H groups in total. The van der Waals surface area contributed by atoms with Crippen molar-refractivity contribution in [1.29, 1.82) is 0 Å². The SMILES string of the molecule is CC(C(=O)O)C(CC(=O)O)C(O)=S. The molecule has 0 saturated carbocycles. The molecule has 0 saturated heterocycles. The van der Waals surface area contributed by atoms with Crippen molar-refractivity contribution in [1.82, 2.24) is 0 Å². The van der Waals surface area contributed by atoms with Crippen molar-refractivity contribution in [2.45, 2.75) is 13.3 Å². The average Bonchev–Trinajstić information content (AvgIpc) is 1.97. The number of aliphatic carboxylic acids is 2. The van der Waals surface area contributed by atoms with E-state index in [0.717, 1.165) is 0 Å². The lowest BCUT2D eigenvalue weighted by atomic mass is 9.92. The molecule has 5 nitrogen and oxygen atoms in total. The summed E-state index contributed by atoms with van der Waals surface area (Å²) in [5.74, 6) is -4.37. The first-order chi connectivity index (χ1) is 5.86. The Morgan fingerprint density at radius 3 is 2.00 bits per heavy atom. The van der Waals surface area contributed by atoms with Gasteiger partial charge >= 0.3 is 11.9 Å². The third-order valence-electron chi connectivity index (χ3n) is 1.70. The van der Waals surface area contributed by atoms with Gasteiger partial charge in [0.05, 0.1) is 18.3 Å². The number of aliphatic hydroxyl groups is 1. The fourth-order valence-corrected chi connectivity index (χ4v) is 1.13. The largest absolute Gasteiger partial charge is 0.502 e. The molecule has 2 unspecified atom stereocenters. The minimum Gasteiger partial charge on any atom is -0.502 e. The molecule has 2 atom stereocenters. The van der Waals surface area contributed by atoms with E-state index in [1.807, 2.05) is 0 Å². The van der Waals surface area contributed by atoms with Gasteiger partial charge in [0.1, 0.15) is 0 Å². The highest BCUT2D eigenvalue weighted by Gasteiger charge is 2.29. The lowest BCUT2D eigenvalue weighted by Crippen LogP contribution is -2.28. The Morgan fingerprint density at radius 1 is 1.31 bits per heavy atom. The van der Waals surface area contributed by atoms with E-state index in [2.05, 4.69) is 12.2 Å². The Morgan fingerprint density at radius 2 is 1.77 bits per heavy atom. The smallest absolute Gasteiger partial charge is 0.307 e. The minimum atomic E-state index is -1.19. The molecular formula is C7H10O5S. The maximum Gasteiger partial charge on any atom is 0.307 e. The molecule has 0 bridgehead atoms. The van der Waals surface area contributed by atoms with Crippen molar-refractivity contribution in [3.63, 3.8) is 0 Å². The lowest BCUT2D eigenvalue weighted by Gasteiger charge is -2.15. The summed E-state index contributed by atoms with van der Waals surface area (Å²) >= 11 is 4.36. The molecule has 6 heteroatoms. The molecule has 0 heterocycles. The van der Waals surface area contributed by atoms with E-state index < -0.39 is 35.2 Å². The van der Waals surface area contributed by atoms with Crippen LogP contribution in [0, 0.1) is 11.8 Å². The Balaban J connectivity index is 4.51. The second-order valence-electron chi connectivity index (χ2n) is 2.67. The zero-order valence-corrected chi connectivity index (χ0v) is 7.74. The second kappa shape index (κ2) is 4.76. The maximum atomic E-state index is 10.5. The summed E-state index contributed by atoms with van der Waals surface area (Å²) in [6.07, 6.45) is -0.469.